The largest absolute Gasteiger partial charge is 0.358 e. The van der Waals surface area contributed by atoms with E-state index in [2.05, 4.69) is 5.32 Å². The second kappa shape index (κ2) is 11.1. The molecule has 0 aliphatic carbocycles. The lowest BCUT2D eigenvalue weighted by Crippen LogP contribution is -2.42. The molecule has 1 amide bonds. The molecule has 0 aliphatic heterocycles. The predicted molar refractivity (Wildman–Crippen MR) is 84.0 cm³/mol. The third-order valence-electron chi connectivity index (χ3n) is 3.11. The van der Waals surface area contributed by atoms with E-state index in [1.165, 1.54) is 0 Å². The van der Waals surface area contributed by atoms with Crippen LogP contribution in [0.25, 0.3) is 0 Å². The zero-order valence-electron chi connectivity index (χ0n) is 13.7. The fraction of sp³-hybridized carbons (Fsp3) is 0.375. The smallest absolute Gasteiger partial charge is 0.237 e. The number of amides is 1. The molecule has 1 unspecified atom stereocenters. The highest BCUT2D eigenvalue weighted by Crippen LogP contribution is 2.11. The molecule has 24 heavy (non-hydrogen) atoms. The van der Waals surface area contributed by atoms with Crippen molar-refractivity contribution in [3.63, 3.8) is 0 Å². The number of carbonyl (C=O) groups is 4. The van der Waals surface area contributed by atoms with Gasteiger partial charge in [-0.3, -0.25) is 19.3 Å². The summed E-state index contributed by atoms with van der Waals surface area (Å²) in [6.07, 6.45) is 2.43. The molecule has 0 aromatic heterocycles. The Morgan fingerprint density at radius 2 is 1.58 bits per heavy atom. The number of halogens is 2. The summed E-state index contributed by atoms with van der Waals surface area (Å²) in [5.41, 5.74) is -0.298. The van der Waals surface area contributed by atoms with Crippen LogP contribution in [-0.4, -0.2) is 56.9 Å². The predicted octanol–water partition coefficient (Wildman–Crippen LogP) is 1.23. The van der Waals surface area contributed by atoms with Crippen molar-refractivity contribution in [2.24, 2.45) is 0 Å². The average molecular weight is 342 g/mol. The summed E-state index contributed by atoms with van der Waals surface area (Å²) in [7, 11) is 5.25. The van der Waals surface area contributed by atoms with Crippen molar-refractivity contribution >= 4 is 24.8 Å². The average Bonchev–Trinajstić information content (AvgIpc) is 2.57. The van der Waals surface area contributed by atoms with Crippen molar-refractivity contribution in [3.8, 4) is 0 Å². The van der Waals surface area contributed by atoms with Crippen LogP contribution in [0.5, 0.6) is 0 Å². The summed E-state index contributed by atoms with van der Waals surface area (Å²) >= 11 is 0. The lowest BCUT2D eigenvalue weighted by atomic mass is 10.1. The topological polar surface area (TPSA) is 83.6 Å². The molecule has 0 spiro atoms. The zero-order chi connectivity index (χ0) is 18.7. The number of carbonyl (C=O) groups excluding carboxylic acids is 4. The minimum Gasteiger partial charge on any atom is -0.358 e. The van der Waals surface area contributed by atoms with E-state index in [-0.39, 0.29) is 23.1 Å². The highest BCUT2D eigenvalue weighted by atomic mass is 19.2. The number of rotatable bonds is 7. The van der Waals surface area contributed by atoms with Crippen LogP contribution in [0.15, 0.2) is 12.1 Å². The Hall–Kier alpha value is -2.48. The van der Waals surface area contributed by atoms with Crippen molar-refractivity contribution in [2.45, 2.75) is 18.9 Å². The Morgan fingerprint density at radius 1 is 1.12 bits per heavy atom. The standard InChI is InChI=1S/C8H4F2O2.C8H16N2O2/c9-7-1-5(3-11)6(4-12)2-8(7)10;1-9-8(12)7(10(2)3)5-4-6-11/h1-4H;6-7H,4-5H2,1-3H3,(H,9,12). The van der Waals surface area contributed by atoms with Crippen molar-refractivity contribution < 1.29 is 28.0 Å². The number of likely N-dealkylation sites (N-methyl/N-ethyl adjacent to an activating group) is 2. The van der Waals surface area contributed by atoms with Crippen LogP contribution in [0.1, 0.15) is 33.6 Å². The van der Waals surface area contributed by atoms with Crippen LogP contribution >= 0.6 is 0 Å². The van der Waals surface area contributed by atoms with E-state index in [0.29, 0.717) is 37.5 Å². The van der Waals surface area contributed by atoms with E-state index in [1.54, 1.807) is 7.05 Å². The first kappa shape index (κ1) is 21.5. The SMILES string of the molecule is CNC(=O)C(CCC=O)N(C)C.O=Cc1cc(F)c(F)cc1C=O. The van der Waals surface area contributed by atoms with E-state index < -0.39 is 11.6 Å². The quantitative estimate of drug-likeness (QED) is 0.754. The normalized spacial score (nSPS) is 11.1. The maximum atomic E-state index is 12.4. The van der Waals surface area contributed by atoms with Crippen LogP contribution in [0.2, 0.25) is 0 Å². The lowest BCUT2D eigenvalue weighted by Gasteiger charge is -2.21. The molecule has 1 aromatic rings. The van der Waals surface area contributed by atoms with Gasteiger partial charge in [0.2, 0.25) is 5.91 Å². The fourth-order valence-corrected chi connectivity index (χ4v) is 1.80. The van der Waals surface area contributed by atoms with Gasteiger partial charge in [-0.1, -0.05) is 0 Å². The summed E-state index contributed by atoms with van der Waals surface area (Å²) in [5.74, 6) is -2.31. The Balaban J connectivity index is 0.000000441. The van der Waals surface area contributed by atoms with Crippen molar-refractivity contribution in [2.75, 3.05) is 21.1 Å². The third kappa shape index (κ3) is 6.74. The summed E-state index contributed by atoms with van der Waals surface area (Å²) in [6, 6.07) is 1.18. The van der Waals surface area contributed by atoms with Crippen LogP contribution in [0.4, 0.5) is 8.78 Å². The Bertz CT molecular complexity index is 559. The van der Waals surface area contributed by atoms with Crippen LogP contribution in [0, 0.1) is 11.6 Å². The first-order chi connectivity index (χ1) is 11.3. The highest BCUT2D eigenvalue weighted by Gasteiger charge is 2.18. The maximum Gasteiger partial charge on any atom is 0.237 e. The first-order valence-corrected chi connectivity index (χ1v) is 7.03. The number of nitrogens with one attached hydrogen (secondary N) is 1. The van der Waals surface area contributed by atoms with Gasteiger partial charge in [0.05, 0.1) is 6.04 Å². The van der Waals surface area contributed by atoms with Gasteiger partial charge in [0.15, 0.2) is 24.2 Å². The van der Waals surface area contributed by atoms with Crippen LogP contribution in [-0.2, 0) is 9.59 Å². The van der Waals surface area contributed by atoms with Crippen LogP contribution in [0.3, 0.4) is 0 Å². The number of hydrogen-bond donors (Lipinski definition) is 1. The van der Waals surface area contributed by atoms with Gasteiger partial charge in [0, 0.05) is 24.6 Å². The van der Waals surface area contributed by atoms with Gasteiger partial charge in [-0.15, -0.1) is 0 Å². The maximum absolute atomic E-state index is 12.4. The molecule has 1 atom stereocenters. The summed E-state index contributed by atoms with van der Waals surface area (Å²) in [4.78, 5) is 43.5. The van der Waals surface area contributed by atoms with Gasteiger partial charge in [0.25, 0.3) is 0 Å². The molecule has 8 heteroatoms. The zero-order valence-corrected chi connectivity index (χ0v) is 13.7. The molecular formula is C16H20F2N2O4. The molecular weight excluding hydrogens is 322 g/mol. The Kier molecular flexibility index (Phi) is 9.97. The molecule has 132 valence electrons. The number of hydrogen-bond acceptors (Lipinski definition) is 5. The van der Waals surface area contributed by atoms with Crippen molar-refractivity contribution in [1.82, 2.24) is 10.2 Å². The van der Waals surface area contributed by atoms with Crippen LogP contribution < -0.4 is 5.32 Å². The van der Waals surface area contributed by atoms with Gasteiger partial charge in [-0.05, 0) is 32.6 Å². The second-order valence-electron chi connectivity index (χ2n) is 4.97. The summed E-state index contributed by atoms with van der Waals surface area (Å²) in [6.45, 7) is 0. The second-order valence-corrected chi connectivity index (χ2v) is 4.97. The number of benzene rings is 1. The van der Waals surface area contributed by atoms with E-state index in [1.807, 2.05) is 19.0 Å². The molecule has 1 aromatic carbocycles. The van der Waals surface area contributed by atoms with Gasteiger partial charge in [0.1, 0.15) is 6.29 Å². The number of aldehydes is 3. The minimum absolute atomic E-state index is 0.0400. The molecule has 0 radical (unpaired) electrons. The first-order valence-electron chi connectivity index (χ1n) is 7.03. The molecule has 0 heterocycles. The van der Waals surface area contributed by atoms with Crippen molar-refractivity contribution in [3.05, 3.63) is 34.9 Å². The molecule has 0 aliphatic rings. The van der Waals surface area contributed by atoms with Gasteiger partial charge < -0.3 is 10.1 Å². The highest BCUT2D eigenvalue weighted by molar-refractivity contribution is 5.90. The lowest BCUT2D eigenvalue weighted by molar-refractivity contribution is -0.125. The van der Waals surface area contributed by atoms with Gasteiger partial charge in [-0.2, -0.15) is 0 Å². The van der Waals surface area contributed by atoms with E-state index in [0.717, 1.165) is 6.29 Å². The van der Waals surface area contributed by atoms with Crippen molar-refractivity contribution in [1.29, 1.82) is 0 Å². The summed E-state index contributed by atoms with van der Waals surface area (Å²) < 4.78 is 24.9. The molecule has 1 N–H and O–H groups in total. The molecule has 0 saturated heterocycles. The Morgan fingerprint density at radius 3 is 1.88 bits per heavy atom. The molecule has 1 rings (SSSR count). The summed E-state index contributed by atoms with van der Waals surface area (Å²) in [5, 5.41) is 2.56. The Labute approximate surface area is 138 Å². The third-order valence-corrected chi connectivity index (χ3v) is 3.11. The monoisotopic (exact) mass is 342 g/mol. The molecule has 0 saturated carbocycles. The van der Waals surface area contributed by atoms with E-state index in [9.17, 15) is 28.0 Å². The van der Waals surface area contributed by atoms with E-state index in [4.69, 9.17) is 0 Å². The van der Waals surface area contributed by atoms with E-state index >= 15 is 0 Å². The van der Waals surface area contributed by atoms with Gasteiger partial charge in [-0.25, -0.2) is 8.78 Å². The molecule has 0 fully saturated rings. The van der Waals surface area contributed by atoms with Gasteiger partial charge >= 0.3 is 0 Å². The molecule has 0 bridgehead atoms. The number of nitrogens with zero attached hydrogens (tertiary/aromatic N) is 1. The minimum atomic E-state index is -1.14. The fourth-order valence-electron chi connectivity index (χ4n) is 1.80. The molecule has 6 nitrogen and oxygen atoms in total.